The topological polar surface area (TPSA) is 65.7 Å². The number of benzene rings is 2. The minimum Gasteiger partial charge on any atom is -0.478 e. The third-order valence-corrected chi connectivity index (χ3v) is 7.01. The largest absolute Gasteiger partial charge is 0.478 e. The average molecular weight is 431 g/mol. The third-order valence-electron chi connectivity index (χ3n) is 7.01. The van der Waals surface area contributed by atoms with Crippen molar-refractivity contribution in [3.05, 3.63) is 65.7 Å². The number of aromatic carboxylic acids is 1. The number of anilines is 1. The van der Waals surface area contributed by atoms with Gasteiger partial charge in [-0.25, -0.2) is 4.79 Å². The number of carboxylic acids is 1. The lowest BCUT2D eigenvalue weighted by molar-refractivity contribution is 0.0697. The minimum atomic E-state index is -0.894. The number of hydrogen-bond donors (Lipinski definition) is 2. The fourth-order valence-corrected chi connectivity index (χ4v) is 5.56. The van der Waals surface area contributed by atoms with E-state index in [0.717, 1.165) is 17.7 Å². The van der Waals surface area contributed by atoms with Crippen LogP contribution >= 0.6 is 0 Å². The summed E-state index contributed by atoms with van der Waals surface area (Å²) in [6.45, 7) is 2.11. The molecule has 0 bridgehead atoms. The molecular formula is C27H30N2O3. The van der Waals surface area contributed by atoms with E-state index in [2.05, 4.69) is 45.9 Å². The van der Waals surface area contributed by atoms with Crippen LogP contribution in [0.2, 0.25) is 0 Å². The van der Waals surface area contributed by atoms with Gasteiger partial charge in [-0.3, -0.25) is 0 Å². The van der Waals surface area contributed by atoms with Gasteiger partial charge >= 0.3 is 5.97 Å². The Morgan fingerprint density at radius 2 is 1.78 bits per heavy atom. The SMILES string of the molecule is O=C(O)c1ccc2c(C3CCCCC3)c3n(c2c1)CC=CCN(CCO)c1ccccc1-3. The van der Waals surface area contributed by atoms with E-state index in [9.17, 15) is 15.0 Å². The summed E-state index contributed by atoms with van der Waals surface area (Å²) < 4.78 is 2.31. The predicted molar refractivity (Wildman–Crippen MR) is 129 cm³/mol. The van der Waals surface area contributed by atoms with Crippen molar-refractivity contribution in [3.8, 4) is 11.3 Å². The van der Waals surface area contributed by atoms with Gasteiger partial charge in [0, 0.05) is 41.8 Å². The van der Waals surface area contributed by atoms with Crippen LogP contribution in [-0.2, 0) is 6.54 Å². The number of carbonyl (C=O) groups is 1. The molecule has 5 nitrogen and oxygen atoms in total. The van der Waals surface area contributed by atoms with Crippen LogP contribution in [0.25, 0.3) is 22.2 Å². The van der Waals surface area contributed by atoms with E-state index >= 15 is 0 Å². The first kappa shape index (κ1) is 20.8. The zero-order valence-electron chi connectivity index (χ0n) is 18.3. The number of para-hydroxylation sites is 1. The fourth-order valence-electron chi connectivity index (χ4n) is 5.56. The van der Waals surface area contributed by atoms with Crippen molar-refractivity contribution in [2.75, 3.05) is 24.6 Å². The van der Waals surface area contributed by atoms with Gasteiger partial charge in [0.25, 0.3) is 0 Å². The lowest BCUT2D eigenvalue weighted by Crippen LogP contribution is -2.27. The Bertz CT molecular complexity index is 1170. The first-order valence-electron chi connectivity index (χ1n) is 11.7. The van der Waals surface area contributed by atoms with Gasteiger partial charge in [-0.05, 0) is 42.5 Å². The second-order valence-corrected chi connectivity index (χ2v) is 8.90. The molecule has 0 amide bonds. The maximum Gasteiger partial charge on any atom is 0.335 e. The van der Waals surface area contributed by atoms with E-state index in [4.69, 9.17) is 0 Å². The van der Waals surface area contributed by atoms with Crippen molar-refractivity contribution in [2.45, 2.75) is 44.6 Å². The summed E-state index contributed by atoms with van der Waals surface area (Å²) in [4.78, 5) is 14.0. The third kappa shape index (κ3) is 3.61. The Hall–Kier alpha value is -3.05. The number of hydrogen-bond acceptors (Lipinski definition) is 3. The lowest BCUT2D eigenvalue weighted by Gasteiger charge is -2.27. The summed E-state index contributed by atoms with van der Waals surface area (Å²) in [5, 5.41) is 20.5. The Balaban J connectivity index is 1.84. The highest BCUT2D eigenvalue weighted by molar-refractivity contribution is 5.99. The second-order valence-electron chi connectivity index (χ2n) is 8.90. The molecule has 0 spiro atoms. The molecule has 2 aromatic carbocycles. The van der Waals surface area contributed by atoms with E-state index < -0.39 is 5.97 Å². The zero-order valence-corrected chi connectivity index (χ0v) is 18.3. The summed E-state index contributed by atoms with van der Waals surface area (Å²) >= 11 is 0. The maximum absolute atomic E-state index is 11.8. The lowest BCUT2D eigenvalue weighted by atomic mass is 9.81. The number of aromatic nitrogens is 1. The molecule has 32 heavy (non-hydrogen) atoms. The van der Waals surface area contributed by atoms with Gasteiger partial charge in [-0.1, -0.05) is 55.7 Å². The molecule has 1 saturated carbocycles. The number of aliphatic hydroxyl groups excluding tert-OH is 1. The summed E-state index contributed by atoms with van der Waals surface area (Å²) in [5.74, 6) is -0.419. The van der Waals surface area contributed by atoms with Crippen molar-refractivity contribution >= 4 is 22.6 Å². The fraction of sp³-hybridized carbons (Fsp3) is 0.370. The summed E-state index contributed by atoms with van der Waals surface area (Å²) in [6.07, 6.45) is 10.4. The van der Waals surface area contributed by atoms with Crippen LogP contribution in [0.1, 0.15) is 53.9 Å². The summed E-state index contributed by atoms with van der Waals surface area (Å²) in [5.41, 5.74) is 6.18. The van der Waals surface area contributed by atoms with E-state index in [-0.39, 0.29) is 6.61 Å². The molecule has 2 aliphatic rings. The van der Waals surface area contributed by atoms with Gasteiger partial charge in [0.2, 0.25) is 0 Å². The van der Waals surface area contributed by atoms with Gasteiger partial charge in [0.1, 0.15) is 0 Å². The highest BCUT2D eigenvalue weighted by Crippen LogP contribution is 2.46. The molecule has 0 saturated heterocycles. The van der Waals surface area contributed by atoms with E-state index in [0.29, 0.717) is 24.6 Å². The number of β-amino-alcohol motifs (C(OH)–C–C–N with tert-alkyl or cyclic N) is 1. The monoisotopic (exact) mass is 430 g/mol. The summed E-state index contributed by atoms with van der Waals surface area (Å²) in [6, 6.07) is 14.1. The molecule has 2 heterocycles. The van der Waals surface area contributed by atoms with Crippen LogP contribution in [0.3, 0.4) is 0 Å². The van der Waals surface area contributed by atoms with Gasteiger partial charge in [-0.15, -0.1) is 0 Å². The molecule has 3 aromatic rings. The normalized spacial score (nSPS) is 16.8. The number of carboxylic acid groups (broad SMARTS) is 1. The average Bonchev–Trinajstić information content (AvgIpc) is 3.17. The van der Waals surface area contributed by atoms with Gasteiger partial charge in [-0.2, -0.15) is 0 Å². The van der Waals surface area contributed by atoms with E-state index in [1.54, 1.807) is 6.07 Å². The Labute approximate surface area is 188 Å². The van der Waals surface area contributed by atoms with Crippen molar-refractivity contribution in [1.29, 1.82) is 0 Å². The minimum absolute atomic E-state index is 0.0998. The Morgan fingerprint density at radius 3 is 2.56 bits per heavy atom. The van der Waals surface area contributed by atoms with Crippen molar-refractivity contribution < 1.29 is 15.0 Å². The molecule has 0 atom stereocenters. The smallest absolute Gasteiger partial charge is 0.335 e. The zero-order chi connectivity index (χ0) is 22.1. The number of allylic oxidation sites excluding steroid dienone is 1. The highest BCUT2D eigenvalue weighted by Gasteiger charge is 2.28. The number of aliphatic hydroxyl groups is 1. The van der Waals surface area contributed by atoms with Gasteiger partial charge < -0.3 is 19.7 Å². The molecular weight excluding hydrogens is 400 g/mol. The van der Waals surface area contributed by atoms with Crippen molar-refractivity contribution in [3.63, 3.8) is 0 Å². The van der Waals surface area contributed by atoms with Crippen LogP contribution in [0.15, 0.2) is 54.6 Å². The molecule has 1 aliphatic carbocycles. The number of rotatable bonds is 4. The summed E-state index contributed by atoms with van der Waals surface area (Å²) in [7, 11) is 0. The van der Waals surface area contributed by atoms with Gasteiger partial charge in [0.15, 0.2) is 0 Å². The molecule has 1 aliphatic heterocycles. The van der Waals surface area contributed by atoms with Crippen molar-refractivity contribution in [1.82, 2.24) is 4.57 Å². The van der Waals surface area contributed by atoms with Crippen LogP contribution in [0.5, 0.6) is 0 Å². The Kier molecular flexibility index (Phi) is 5.75. The first-order chi connectivity index (χ1) is 15.7. The quantitative estimate of drug-likeness (QED) is 0.542. The molecule has 5 heteroatoms. The van der Waals surface area contributed by atoms with Crippen LogP contribution < -0.4 is 4.90 Å². The molecule has 166 valence electrons. The first-order valence-corrected chi connectivity index (χ1v) is 11.7. The highest BCUT2D eigenvalue weighted by atomic mass is 16.4. The molecule has 0 unspecified atom stereocenters. The maximum atomic E-state index is 11.8. The van der Waals surface area contributed by atoms with E-state index in [1.807, 2.05) is 12.1 Å². The molecule has 5 rings (SSSR count). The van der Waals surface area contributed by atoms with Crippen LogP contribution in [0, 0.1) is 0 Å². The molecule has 1 aromatic heterocycles. The molecule has 0 radical (unpaired) electrons. The number of fused-ring (bicyclic) bond motifs is 5. The van der Waals surface area contributed by atoms with Gasteiger partial charge in [0.05, 0.1) is 17.9 Å². The van der Waals surface area contributed by atoms with Crippen LogP contribution in [-0.4, -0.2) is 40.4 Å². The standard InChI is InChI=1S/C27H30N2O3/c30-17-16-28-14-6-7-15-29-24-18-20(27(31)32)12-13-21(24)25(19-8-2-1-3-9-19)26(29)22-10-4-5-11-23(22)28/h4-7,10-13,18-19,30H,1-3,8-9,14-17H2,(H,31,32). The predicted octanol–water partition coefficient (Wildman–Crippen LogP) is 5.42. The molecule has 1 fully saturated rings. The number of nitrogens with zero attached hydrogens (tertiary/aromatic N) is 2. The van der Waals surface area contributed by atoms with Crippen LogP contribution in [0.4, 0.5) is 5.69 Å². The van der Waals surface area contributed by atoms with E-state index in [1.165, 1.54) is 54.3 Å². The molecule has 2 N–H and O–H groups in total. The Morgan fingerprint density at radius 1 is 1.00 bits per heavy atom. The second kappa shape index (κ2) is 8.83. The van der Waals surface area contributed by atoms with Crippen molar-refractivity contribution in [2.24, 2.45) is 0 Å².